The van der Waals surface area contributed by atoms with Gasteiger partial charge in [0.05, 0.1) is 16.2 Å². The van der Waals surface area contributed by atoms with Crippen molar-refractivity contribution in [3.63, 3.8) is 0 Å². The number of halogens is 3. The Bertz CT molecular complexity index is 769. The topological polar surface area (TPSA) is 58.4 Å². The molecule has 1 atom stereocenters. The third-order valence-electron chi connectivity index (χ3n) is 4.47. The molecule has 1 heterocycles. The second-order valence-corrected chi connectivity index (χ2v) is 6.75. The van der Waals surface area contributed by atoms with Gasteiger partial charge in [0.1, 0.15) is 5.41 Å². The number of nitrogens with zero attached hydrogens (tertiary/aromatic N) is 2. The molecule has 0 aliphatic carbocycles. The van der Waals surface area contributed by atoms with Crippen molar-refractivity contribution in [3.05, 3.63) is 68.7 Å². The van der Waals surface area contributed by atoms with Gasteiger partial charge in [0, 0.05) is 5.70 Å². The van der Waals surface area contributed by atoms with Crippen molar-refractivity contribution in [2.45, 2.75) is 31.9 Å². The molecule has 0 fully saturated rings. The standard InChI is InChI=1S/C18H22F3N3O2/c1-12-11-17(9-10-23(3)4,16(24(25)26)13(2)22-12)14-7-5-6-8-15(14)18(19,20)21/h5-8,11,22H,9-10H2,1-4H3. The maximum Gasteiger partial charge on any atom is 0.416 e. The fourth-order valence-corrected chi connectivity index (χ4v) is 3.51. The van der Waals surface area contributed by atoms with Crippen molar-refractivity contribution in [1.82, 2.24) is 10.2 Å². The normalized spacial score (nSPS) is 20.8. The highest BCUT2D eigenvalue weighted by atomic mass is 19.4. The predicted molar refractivity (Wildman–Crippen MR) is 92.9 cm³/mol. The minimum atomic E-state index is -4.61. The summed E-state index contributed by atoms with van der Waals surface area (Å²) in [6, 6.07) is 5.10. The smallest absolute Gasteiger partial charge is 0.358 e. The highest BCUT2D eigenvalue weighted by molar-refractivity contribution is 5.49. The van der Waals surface area contributed by atoms with Gasteiger partial charge < -0.3 is 10.2 Å². The zero-order chi connectivity index (χ0) is 19.7. The number of nitrogens with one attached hydrogen (secondary N) is 1. The summed E-state index contributed by atoms with van der Waals surface area (Å²) in [5.41, 5.74) is -1.83. The van der Waals surface area contributed by atoms with Gasteiger partial charge in [-0.25, -0.2) is 0 Å². The van der Waals surface area contributed by atoms with E-state index in [2.05, 4.69) is 5.32 Å². The second kappa shape index (κ2) is 7.11. The molecule has 0 saturated heterocycles. The second-order valence-electron chi connectivity index (χ2n) is 6.75. The molecule has 0 aromatic heterocycles. The Kier molecular flexibility index (Phi) is 5.46. The highest BCUT2D eigenvalue weighted by Gasteiger charge is 2.50. The van der Waals surface area contributed by atoms with Crippen LogP contribution in [0.15, 0.2) is 47.4 Å². The first-order chi connectivity index (χ1) is 12.0. The van der Waals surface area contributed by atoms with Crippen molar-refractivity contribution in [2.24, 2.45) is 0 Å². The SMILES string of the molecule is CC1=CC(CCN(C)C)(c2ccccc2C(F)(F)F)C([N+](=O)[O-])=C(C)N1. The van der Waals surface area contributed by atoms with E-state index in [9.17, 15) is 23.3 Å². The van der Waals surface area contributed by atoms with E-state index in [0.29, 0.717) is 12.2 Å². The summed E-state index contributed by atoms with van der Waals surface area (Å²) in [6.45, 7) is 3.61. The van der Waals surface area contributed by atoms with Gasteiger partial charge in [-0.15, -0.1) is 0 Å². The average Bonchev–Trinajstić information content (AvgIpc) is 2.51. The fraction of sp³-hybridized carbons (Fsp3) is 0.444. The number of dihydropyridines is 1. The minimum absolute atomic E-state index is 0.0961. The number of hydrogen-bond acceptors (Lipinski definition) is 4. The predicted octanol–water partition coefficient (Wildman–Crippen LogP) is 3.91. The molecule has 0 spiro atoms. The lowest BCUT2D eigenvalue weighted by Crippen LogP contribution is -2.41. The number of rotatable bonds is 5. The first-order valence-corrected chi connectivity index (χ1v) is 8.12. The van der Waals surface area contributed by atoms with Crippen LogP contribution < -0.4 is 5.32 Å². The lowest BCUT2D eigenvalue weighted by atomic mass is 9.70. The van der Waals surface area contributed by atoms with Crippen molar-refractivity contribution >= 4 is 0 Å². The van der Waals surface area contributed by atoms with Gasteiger partial charge in [-0.05, 0) is 58.6 Å². The molecule has 1 aliphatic heterocycles. The van der Waals surface area contributed by atoms with E-state index in [0.717, 1.165) is 6.07 Å². The Balaban J connectivity index is 2.83. The van der Waals surface area contributed by atoms with Crippen LogP contribution in [0.3, 0.4) is 0 Å². The first-order valence-electron chi connectivity index (χ1n) is 8.12. The van der Waals surface area contributed by atoms with Crippen molar-refractivity contribution in [1.29, 1.82) is 0 Å². The lowest BCUT2D eigenvalue weighted by Gasteiger charge is -2.36. The number of allylic oxidation sites excluding steroid dienone is 3. The molecule has 2 rings (SSSR count). The van der Waals surface area contributed by atoms with Crippen LogP contribution in [0.4, 0.5) is 13.2 Å². The summed E-state index contributed by atoms with van der Waals surface area (Å²) < 4.78 is 41.0. The summed E-state index contributed by atoms with van der Waals surface area (Å²) in [4.78, 5) is 13.1. The molecule has 5 nitrogen and oxygen atoms in total. The molecule has 1 aromatic carbocycles. The van der Waals surface area contributed by atoms with Crippen LogP contribution in [0.5, 0.6) is 0 Å². The van der Waals surface area contributed by atoms with Crippen LogP contribution in [-0.2, 0) is 11.6 Å². The van der Waals surface area contributed by atoms with E-state index < -0.39 is 22.1 Å². The molecule has 26 heavy (non-hydrogen) atoms. The molecule has 0 amide bonds. The Hall–Kier alpha value is -2.35. The largest absolute Gasteiger partial charge is 0.416 e. The van der Waals surface area contributed by atoms with Gasteiger partial charge in [-0.3, -0.25) is 10.1 Å². The van der Waals surface area contributed by atoms with E-state index in [1.807, 2.05) is 0 Å². The van der Waals surface area contributed by atoms with Gasteiger partial charge in [-0.2, -0.15) is 13.2 Å². The van der Waals surface area contributed by atoms with Crippen molar-refractivity contribution in [2.75, 3.05) is 20.6 Å². The van der Waals surface area contributed by atoms with Crippen LogP contribution in [0.2, 0.25) is 0 Å². The molecule has 0 radical (unpaired) electrons. The molecule has 1 unspecified atom stereocenters. The third kappa shape index (κ3) is 3.75. The molecular weight excluding hydrogens is 347 g/mol. The highest BCUT2D eigenvalue weighted by Crippen LogP contribution is 2.46. The minimum Gasteiger partial charge on any atom is -0.358 e. The van der Waals surface area contributed by atoms with Crippen LogP contribution in [0.25, 0.3) is 0 Å². The van der Waals surface area contributed by atoms with E-state index in [1.54, 1.807) is 32.0 Å². The Labute approximate surface area is 150 Å². The third-order valence-corrected chi connectivity index (χ3v) is 4.47. The van der Waals surface area contributed by atoms with Crippen LogP contribution in [0.1, 0.15) is 31.4 Å². The van der Waals surface area contributed by atoms with Crippen molar-refractivity contribution in [3.8, 4) is 0 Å². The van der Waals surface area contributed by atoms with Gasteiger partial charge in [-0.1, -0.05) is 18.2 Å². The van der Waals surface area contributed by atoms with Gasteiger partial charge in [0.2, 0.25) is 0 Å². The molecular formula is C18H22F3N3O2. The molecule has 1 aromatic rings. The average molecular weight is 369 g/mol. The number of nitro groups is 1. The molecule has 1 aliphatic rings. The number of alkyl halides is 3. The zero-order valence-corrected chi connectivity index (χ0v) is 15.1. The molecule has 1 N–H and O–H groups in total. The lowest BCUT2D eigenvalue weighted by molar-refractivity contribution is -0.436. The first kappa shape index (κ1) is 20.0. The summed E-state index contributed by atoms with van der Waals surface area (Å²) in [7, 11) is 3.56. The van der Waals surface area contributed by atoms with Gasteiger partial charge >= 0.3 is 6.18 Å². The van der Waals surface area contributed by atoms with E-state index >= 15 is 0 Å². The molecule has 0 saturated carbocycles. The van der Waals surface area contributed by atoms with Gasteiger partial charge in [0.15, 0.2) is 0 Å². The zero-order valence-electron chi connectivity index (χ0n) is 15.1. The summed E-state index contributed by atoms with van der Waals surface area (Å²) in [6.07, 6.45) is -2.91. The van der Waals surface area contributed by atoms with Crippen LogP contribution in [0, 0.1) is 10.1 Å². The van der Waals surface area contributed by atoms with E-state index in [4.69, 9.17) is 0 Å². The summed E-state index contributed by atoms with van der Waals surface area (Å²) in [5, 5.41) is 14.7. The van der Waals surface area contributed by atoms with Crippen LogP contribution in [-0.4, -0.2) is 30.5 Å². The molecule has 142 valence electrons. The maximum absolute atomic E-state index is 13.7. The maximum atomic E-state index is 13.7. The Morgan fingerprint density at radius 3 is 2.38 bits per heavy atom. The Morgan fingerprint density at radius 2 is 1.85 bits per heavy atom. The van der Waals surface area contributed by atoms with Crippen LogP contribution >= 0.6 is 0 Å². The quantitative estimate of drug-likeness (QED) is 0.632. The summed E-state index contributed by atoms with van der Waals surface area (Å²) in [5.74, 6) is 0. The van der Waals surface area contributed by atoms with Crippen molar-refractivity contribution < 1.29 is 18.1 Å². The van der Waals surface area contributed by atoms with E-state index in [-0.39, 0.29) is 23.4 Å². The monoisotopic (exact) mass is 369 g/mol. The number of benzene rings is 1. The fourth-order valence-electron chi connectivity index (χ4n) is 3.51. The molecule has 0 bridgehead atoms. The van der Waals surface area contributed by atoms with E-state index in [1.165, 1.54) is 25.1 Å². The molecule has 8 heteroatoms. The Morgan fingerprint density at radius 1 is 1.23 bits per heavy atom. The van der Waals surface area contributed by atoms with Gasteiger partial charge in [0.25, 0.3) is 5.70 Å². The summed E-state index contributed by atoms with van der Waals surface area (Å²) >= 11 is 0. The number of hydrogen-bond donors (Lipinski definition) is 1.